The van der Waals surface area contributed by atoms with E-state index in [0.717, 1.165) is 50.4 Å². The van der Waals surface area contributed by atoms with Gasteiger partial charge in [0.2, 0.25) is 6.41 Å². The lowest BCUT2D eigenvalue weighted by Crippen LogP contribution is -2.36. The minimum Gasteiger partial charge on any atom is -0.366 e. The van der Waals surface area contributed by atoms with Crippen molar-refractivity contribution in [2.75, 3.05) is 25.0 Å². The fraction of sp³-hybridized carbons (Fsp3) is 0.500. The number of imidazole rings is 1. The van der Waals surface area contributed by atoms with Gasteiger partial charge in [-0.1, -0.05) is 6.08 Å². The van der Waals surface area contributed by atoms with Crippen LogP contribution in [0.4, 0.5) is 5.82 Å². The quantitative estimate of drug-likeness (QED) is 0.745. The van der Waals surface area contributed by atoms with E-state index in [0.29, 0.717) is 0 Å². The largest absolute Gasteiger partial charge is 0.366 e. The number of nitrogens with zero attached hydrogens (tertiary/aromatic N) is 2. The maximum Gasteiger partial charge on any atom is 0.327 e. The lowest BCUT2D eigenvalue weighted by atomic mass is 10.0. The number of carbonyl (C=O) groups excluding carboxylic acids is 1. The lowest BCUT2D eigenvalue weighted by molar-refractivity contribution is -0.119. The van der Waals surface area contributed by atoms with E-state index >= 15 is 0 Å². The Morgan fingerprint density at radius 1 is 1.33 bits per heavy atom. The first-order chi connectivity index (χ1) is 8.79. The second-order valence-electron chi connectivity index (χ2n) is 4.72. The zero-order valence-electron chi connectivity index (χ0n) is 10.1. The van der Waals surface area contributed by atoms with Crippen LogP contribution in [0.2, 0.25) is 0 Å². The molecule has 1 saturated heterocycles. The maximum atomic E-state index is 12.0. The Bertz CT molecular complexity index is 535. The van der Waals surface area contributed by atoms with Crippen molar-refractivity contribution in [2.24, 2.45) is 0 Å². The summed E-state index contributed by atoms with van der Waals surface area (Å²) in [5.41, 5.74) is 0.861. The first-order valence-electron chi connectivity index (χ1n) is 6.24. The third kappa shape index (κ3) is 1.73. The van der Waals surface area contributed by atoms with Gasteiger partial charge in [-0.25, -0.2) is 4.79 Å². The number of aromatic nitrogens is 2. The number of nitrogens with one attached hydrogen (secondary N) is 2. The van der Waals surface area contributed by atoms with Gasteiger partial charge >= 0.3 is 5.69 Å². The number of hydrogen-bond acceptors (Lipinski definition) is 3. The number of H-pyrrole nitrogens is 1. The van der Waals surface area contributed by atoms with Crippen molar-refractivity contribution in [1.82, 2.24) is 14.5 Å². The molecule has 1 fully saturated rings. The molecule has 6 nitrogen and oxygen atoms in total. The average Bonchev–Trinajstić information content (AvgIpc) is 2.75. The first-order valence-corrected chi connectivity index (χ1v) is 6.24. The van der Waals surface area contributed by atoms with Crippen LogP contribution in [-0.4, -0.2) is 40.5 Å². The van der Waals surface area contributed by atoms with Gasteiger partial charge in [0.1, 0.15) is 5.82 Å². The standard InChI is InChI=1S/C12H16N4O2/c17-8-15-6-3-9(4-7-15)16-10-2-1-5-13-11(10)14-12(16)18/h1-2,8-9,13H,3-7H2,(H,14,18). The Labute approximate surface area is 104 Å². The number of fused-ring (bicyclic) bond motifs is 1. The summed E-state index contributed by atoms with van der Waals surface area (Å²) in [5, 5.41) is 3.15. The van der Waals surface area contributed by atoms with Gasteiger partial charge in [-0.05, 0) is 18.9 Å². The summed E-state index contributed by atoms with van der Waals surface area (Å²) < 4.78 is 1.82. The summed E-state index contributed by atoms with van der Waals surface area (Å²) in [6.07, 6.45) is 6.53. The molecule has 18 heavy (non-hydrogen) atoms. The van der Waals surface area contributed by atoms with E-state index in [-0.39, 0.29) is 11.7 Å². The molecule has 0 saturated carbocycles. The highest BCUT2D eigenvalue weighted by molar-refractivity contribution is 5.64. The van der Waals surface area contributed by atoms with Crippen LogP contribution in [0.15, 0.2) is 10.9 Å². The van der Waals surface area contributed by atoms with Gasteiger partial charge in [-0.15, -0.1) is 0 Å². The normalized spacial score (nSPS) is 19.4. The Kier molecular flexibility index (Phi) is 2.70. The van der Waals surface area contributed by atoms with Crippen LogP contribution >= 0.6 is 0 Å². The molecule has 96 valence electrons. The Morgan fingerprint density at radius 3 is 2.83 bits per heavy atom. The Morgan fingerprint density at radius 2 is 2.11 bits per heavy atom. The van der Waals surface area contributed by atoms with E-state index in [1.165, 1.54) is 0 Å². The van der Waals surface area contributed by atoms with Gasteiger partial charge in [-0.2, -0.15) is 0 Å². The van der Waals surface area contributed by atoms with Gasteiger partial charge in [0.05, 0.1) is 5.69 Å². The number of rotatable bonds is 2. The molecule has 2 aliphatic rings. The molecule has 1 aromatic heterocycles. The first kappa shape index (κ1) is 11.1. The summed E-state index contributed by atoms with van der Waals surface area (Å²) in [5.74, 6) is 0.806. The number of carbonyl (C=O) groups is 1. The van der Waals surface area contributed by atoms with Gasteiger partial charge in [0.25, 0.3) is 0 Å². The zero-order valence-corrected chi connectivity index (χ0v) is 10.1. The molecule has 3 rings (SSSR count). The second-order valence-corrected chi connectivity index (χ2v) is 4.72. The number of likely N-dealkylation sites (tertiary alicyclic amines) is 1. The second kappa shape index (κ2) is 4.36. The SMILES string of the molecule is O=CN1CCC(n2c3c([nH]c2=O)NCC=C3)CC1. The fourth-order valence-corrected chi connectivity index (χ4v) is 2.70. The molecule has 0 aliphatic carbocycles. The highest BCUT2D eigenvalue weighted by Crippen LogP contribution is 2.26. The smallest absolute Gasteiger partial charge is 0.327 e. The third-order valence-electron chi connectivity index (χ3n) is 3.65. The van der Waals surface area contributed by atoms with Crippen LogP contribution < -0.4 is 11.0 Å². The van der Waals surface area contributed by atoms with Gasteiger partial charge in [0, 0.05) is 25.7 Å². The number of piperidine rings is 1. The number of hydrogen-bond donors (Lipinski definition) is 2. The monoisotopic (exact) mass is 248 g/mol. The Balaban J connectivity index is 1.89. The van der Waals surface area contributed by atoms with Crippen molar-refractivity contribution < 1.29 is 4.79 Å². The third-order valence-corrected chi connectivity index (χ3v) is 3.65. The number of anilines is 1. The minimum atomic E-state index is -0.0661. The van der Waals surface area contributed by atoms with Gasteiger partial charge < -0.3 is 10.2 Å². The summed E-state index contributed by atoms with van der Waals surface area (Å²) >= 11 is 0. The molecule has 0 unspecified atom stereocenters. The van der Waals surface area contributed by atoms with Crippen LogP contribution in [0.5, 0.6) is 0 Å². The highest BCUT2D eigenvalue weighted by Gasteiger charge is 2.24. The molecular weight excluding hydrogens is 232 g/mol. The molecule has 0 aromatic carbocycles. The van der Waals surface area contributed by atoms with Crippen molar-refractivity contribution in [3.8, 4) is 0 Å². The molecule has 0 spiro atoms. The van der Waals surface area contributed by atoms with E-state index < -0.39 is 0 Å². The molecule has 3 heterocycles. The van der Waals surface area contributed by atoms with Crippen LogP contribution in [0, 0.1) is 0 Å². The van der Waals surface area contributed by atoms with Gasteiger partial charge in [-0.3, -0.25) is 14.3 Å². The van der Waals surface area contributed by atoms with E-state index in [1.807, 2.05) is 16.7 Å². The van der Waals surface area contributed by atoms with Crippen molar-refractivity contribution in [2.45, 2.75) is 18.9 Å². The molecule has 0 bridgehead atoms. The molecule has 0 radical (unpaired) electrons. The van der Waals surface area contributed by atoms with E-state index in [4.69, 9.17) is 0 Å². The summed E-state index contributed by atoms with van der Waals surface area (Å²) in [6.45, 7) is 2.19. The molecule has 2 aliphatic heterocycles. The van der Waals surface area contributed by atoms with Crippen molar-refractivity contribution in [3.05, 3.63) is 22.3 Å². The summed E-state index contributed by atoms with van der Waals surface area (Å²) in [7, 11) is 0. The van der Waals surface area contributed by atoms with Crippen molar-refractivity contribution >= 4 is 18.3 Å². The predicted octanol–water partition coefficient (Wildman–Crippen LogP) is 0.408. The van der Waals surface area contributed by atoms with E-state index in [9.17, 15) is 9.59 Å². The van der Waals surface area contributed by atoms with E-state index in [2.05, 4.69) is 10.3 Å². The summed E-state index contributed by atoms with van der Waals surface area (Å²) in [4.78, 5) is 27.3. The molecular formula is C12H16N4O2. The van der Waals surface area contributed by atoms with Crippen LogP contribution in [0.25, 0.3) is 6.08 Å². The van der Waals surface area contributed by atoms with Crippen LogP contribution in [0.3, 0.4) is 0 Å². The topological polar surface area (TPSA) is 70.1 Å². The highest BCUT2D eigenvalue weighted by atomic mass is 16.1. The van der Waals surface area contributed by atoms with Crippen molar-refractivity contribution in [3.63, 3.8) is 0 Å². The molecule has 0 atom stereocenters. The molecule has 1 amide bonds. The predicted molar refractivity (Wildman–Crippen MR) is 68.5 cm³/mol. The average molecular weight is 248 g/mol. The number of amides is 1. The zero-order chi connectivity index (χ0) is 12.5. The lowest BCUT2D eigenvalue weighted by Gasteiger charge is -2.30. The van der Waals surface area contributed by atoms with Crippen LogP contribution in [0.1, 0.15) is 24.6 Å². The molecule has 6 heteroatoms. The molecule has 2 N–H and O–H groups in total. The minimum absolute atomic E-state index is 0.0661. The van der Waals surface area contributed by atoms with Crippen LogP contribution in [-0.2, 0) is 4.79 Å². The van der Waals surface area contributed by atoms with E-state index in [1.54, 1.807) is 4.90 Å². The van der Waals surface area contributed by atoms with Gasteiger partial charge in [0.15, 0.2) is 0 Å². The van der Waals surface area contributed by atoms with Crippen molar-refractivity contribution in [1.29, 1.82) is 0 Å². The maximum absolute atomic E-state index is 12.0. The fourth-order valence-electron chi connectivity index (χ4n) is 2.70. The number of aromatic amines is 1. The Hall–Kier alpha value is -1.98. The summed E-state index contributed by atoms with van der Waals surface area (Å²) in [6, 6.07) is 0.179. The molecule has 1 aromatic rings.